The number of amides is 3. The maximum absolute atomic E-state index is 13.0. The Morgan fingerprint density at radius 2 is 1.66 bits per heavy atom. The van der Waals surface area contributed by atoms with Crippen molar-refractivity contribution in [2.75, 3.05) is 5.32 Å². The zero-order valence-corrected chi connectivity index (χ0v) is 22.6. The van der Waals surface area contributed by atoms with E-state index < -0.39 is 0 Å². The van der Waals surface area contributed by atoms with E-state index in [0.717, 1.165) is 27.6 Å². The lowest BCUT2D eigenvalue weighted by Gasteiger charge is -2.11. The molecule has 0 radical (unpaired) electrons. The van der Waals surface area contributed by atoms with Gasteiger partial charge in [-0.1, -0.05) is 55.8 Å². The minimum Gasteiger partial charge on any atom is -0.352 e. The highest BCUT2D eigenvalue weighted by Gasteiger charge is 2.16. The van der Waals surface area contributed by atoms with Gasteiger partial charge in [-0.05, 0) is 60.0 Å². The number of halogens is 1. The molecule has 3 amide bonds. The van der Waals surface area contributed by atoms with Crippen LogP contribution in [0.25, 0.3) is 10.9 Å². The van der Waals surface area contributed by atoms with Gasteiger partial charge in [-0.15, -0.1) is 0 Å². The first-order chi connectivity index (χ1) is 18.1. The molecule has 0 aliphatic carbocycles. The fourth-order valence-electron chi connectivity index (χ4n) is 4.17. The van der Waals surface area contributed by atoms with Crippen molar-refractivity contribution < 1.29 is 14.4 Å². The van der Waals surface area contributed by atoms with Crippen LogP contribution in [0, 0.1) is 12.8 Å². The molecule has 0 fully saturated rings. The van der Waals surface area contributed by atoms with E-state index in [2.05, 4.69) is 16.0 Å². The van der Waals surface area contributed by atoms with Crippen LogP contribution in [0.2, 0.25) is 5.02 Å². The fraction of sp³-hybridized carbons (Fsp3) is 0.233. The average Bonchev–Trinajstić information content (AvgIpc) is 3.22. The van der Waals surface area contributed by atoms with Crippen molar-refractivity contribution in [3.05, 3.63) is 99.7 Å². The predicted molar refractivity (Wildman–Crippen MR) is 151 cm³/mol. The molecule has 4 aromatic rings. The van der Waals surface area contributed by atoms with Crippen LogP contribution in [0.4, 0.5) is 5.69 Å². The number of carbonyl (C=O) groups excluding carboxylic acids is 3. The fourth-order valence-corrected chi connectivity index (χ4v) is 4.37. The molecule has 196 valence electrons. The van der Waals surface area contributed by atoms with Crippen molar-refractivity contribution in [1.82, 2.24) is 15.2 Å². The second-order valence-corrected chi connectivity index (χ2v) is 10.0. The van der Waals surface area contributed by atoms with E-state index in [1.165, 1.54) is 0 Å². The maximum Gasteiger partial charge on any atom is 0.268 e. The van der Waals surface area contributed by atoms with Gasteiger partial charge in [0, 0.05) is 42.6 Å². The SMILES string of the molecule is Cc1ccccc1CNC(=O)c1cc2cc(NC(=O)c3cc(CNC(=O)C(C)C)ccc3Cl)ccc2n1C. The van der Waals surface area contributed by atoms with Crippen LogP contribution in [0.1, 0.15) is 51.4 Å². The van der Waals surface area contributed by atoms with Gasteiger partial charge in [0.2, 0.25) is 5.91 Å². The molecule has 1 heterocycles. The molecule has 0 saturated heterocycles. The van der Waals surface area contributed by atoms with Gasteiger partial charge in [-0.25, -0.2) is 0 Å². The zero-order chi connectivity index (χ0) is 27.4. The van der Waals surface area contributed by atoms with E-state index in [9.17, 15) is 14.4 Å². The Labute approximate surface area is 227 Å². The largest absolute Gasteiger partial charge is 0.352 e. The molecular weight excluding hydrogens is 500 g/mol. The summed E-state index contributed by atoms with van der Waals surface area (Å²) >= 11 is 6.31. The second kappa shape index (κ2) is 11.5. The Morgan fingerprint density at radius 1 is 0.895 bits per heavy atom. The maximum atomic E-state index is 13.0. The van der Waals surface area contributed by atoms with E-state index in [0.29, 0.717) is 35.1 Å². The van der Waals surface area contributed by atoms with Crippen molar-refractivity contribution in [2.24, 2.45) is 13.0 Å². The summed E-state index contributed by atoms with van der Waals surface area (Å²) in [5.41, 5.74) is 5.24. The first-order valence-corrected chi connectivity index (χ1v) is 12.8. The van der Waals surface area contributed by atoms with Gasteiger partial charge in [0.05, 0.1) is 10.6 Å². The number of aromatic nitrogens is 1. The number of hydrogen-bond acceptors (Lipinski definition) is 3. The lowest BCUT2D eigenvalue weighted by Crippen LogP contribution is -2.27. The third-order valence-electron chi connectivity index (χ3n) is 6.50. The van der Waals surface area contributed by atoms with Crippen molar-refractivity contribution in [1.29, 1.82) is 0 Å². The van der Waals surface area contributed by atoms with E-state index in [1.54, 1.807) is 24.3 Å². The van der Waals surface area contributed by atoms with Gasteiger partial charge >= 0.3 is 0 Å². The molecule has 0 saturated carbocycles. The Hall–Kier alpha value is -4.10. The van der Waals surface area contributed by atoms with Gasteiger partial charge in [-0.2, -0.15) is 0 Å². The number of hydrogen-bond donors (Lipinski definition) is 3. The first-order valence-electron chi connectivity index (χ1n) is 12.4. The van der Waals surface area contributed by atoms with Crippen LogP contribution in [-0.2, 0) is 24.9 Å². The summed E-state index contributed by atoms with van der Waals surface area (Å²) in [6, 6.07) is 20.3. The number of rotatable bonds is 8. The number of nitrogens with one attached hydrogen (secondary N) is 3. The molecule has 0 spiro atoms. The Morgan fingerprint density at radius 3 is 2.39 bits per heavy atom. The van der Waals surface area contributed by atoms with Crippen molar-refractivity contribution in [3.8, 4) is 0 Å². The van der Waals surface area contributed by atoms with Crippen molar-refractivity contribution in [3.63, 3.8) is 0 Å². The molecule has 3 aromatic carbocycles. The number of carbonyl (C=O) groups is 3. The van der Waals surface area contributed by atoms with Crippen LogP contribution < -0.4 is 16.0 Å². The molecule has 8 heteroatoms. The van der Waals surface area contributed by atoms with Gasteiger partial charge in [0.1, 0.15) is 5.69 Å². The highest BCUT2D eigenvalue weighted by Crippen LogP contribution is 2.25. The Kier molecular flexibility index (Phi) is 8.17. The average molecular weight is 531 g/mol. The summed E-state index contributed by atoms with van der Waals surface area (Å²) in [5, 5.41) is 9.86. The monoisotopic (exact) mass is 530 g/mol. The van der Waals surface area contributed by atoms with Crippen LogP contribution in [0.5, 0.6) is 0 Å². The lowest BCUT2D eigenvalue weighted by molar-refractivity contribution is -0.124. The van der Waals surface area contributed by atoms with Crippen molar-refractivity contribution in [2.45, 2.75) is 33.9 Å². The number of nitrogens with zero attached hydrogens (tertiary/aromatic N) is 1. The number of fused-ring (bicyclic) bond motifs is 1. The summed E-state index contributed by atoms with van der Waals surface area (Å²) in [6.45, 7) is 6.40. The first kappa shape index (κ1) is 26.9. The third-order valence-corrected chi connectivity index (χ3v) is 6.83. The van der Waals surface area contributed by atoms with Gasteiger partial charge in [0.15, 0.2) is 0 Å². The predicted octanol–water partition coefficient (Wildman–Crippen LogP) is 5.59. The van der Waals surface area contributed by atoms with E-state index in [4.69, 9.17) is 11.6 Å². The number of anilines is 1. The van der Waals surface area contributed by atoms with Crippen LogP contribution in [-0.4, -0.2) is 22.3 Å². The van der Waals surface area contributed by atoms with Crippen LogP contribution in [0.3, 0.4) is 0 Å². The third kappa shape index (κ3) is 6.06. The summed E-state index contributed by atoms with van der Waals surface area (Å²) in [6.07, 6.45) is 0. The van der Waals surface area contributed by atoms with E-state index in [1.807, 2.05) is 74.9 Å². The summed E-state index contributed by atoms with van der Waals surface area (Å²) in [7, 11) is 1.84. The summed E-state index contributed by atoms with van der Waals surface area (Å²) in [5.74, 6) is -0.729. The molecule has 1 aromatic heterocycles. The smallest absolute Gasteiger partial charge is 0.268 e. The van der Waals surface area contributed by atoms with Crippen LogP contribution in [0.15, 0.2) is 66.7 Å². The Balaban J connectivity index is 1.48. The van der Waals surface area contributed by atoms with E-state index >= 15 is 0 Å². The minimum absolute atomic E-state index is 0.0645. The highest BCUT2D eigenvalue weighted by atomic mass is 35.5. The molecule has 4 rings (SSSR count). The number of aryl methyl sites for hydroxylation is 2. The molecule has 0 aliphatic heterocycles. The van der Waals surface area contributed by atoms with E-state index in [-0.39, 0.29) is 23.6 Å². The molecule has 0 aliphatic rings. The molecular formula is C30H31ClN4O3. The molecule has 3 N–H and O–H groups in total. The molecule has 7 nitrogen and oxygen atoms in total. The normalized spacial score (nSPS) is 11.0. The minimum atomic E-state index is -0.362. The lowest BCUT2D eigenvalue weighted by atomic mass is 10.1. The van der Waals surface area contributed by atoms with Gasteiger partial charge in [0.25, 0.3) is 11.8 Å². The topological polar surface area (TPSA) is 92.2 Å². The van der Waals surface area contributed by atoms with Gasteiger partial charge in [-0.3, -0.25) is 14.4 Å². The quantitative estimate of drug-likeness (QED) is 0.277. The molecule has 0 unspecified atom stereocenters. The highest BCUT2D eigenvalue weighted by molar-refractivity contribution is 6.34. The van der Waals surface area contributed by atoms with Crippen LogP contribution >= 0.6 is 11.6 Å². The van der Waals surface area contributed by atoms with Crippen molar-refractivity contribution >= 4 is 45.9 Å². The molecule has 0 bridgehead atoms. The molecule has 38 heavy (non-hydrogen) atoms. The summed E-state index contributed by atoms with van der Waals surface area (Å²) < 4.78 is 1.83. The zero-order valence-electron chi connectivity index (χ0n) is 21.9. The molecule has 0 atom stereocenters. The summed E-state index contributed by atoms with van der Waals surface area (Å²) in [4.78, 5) is 37.9. The number of benzene rings is 3. The Bertz CT molecular complexity index is 1520. The second-order valence-electron chi connectivity index (χ2n) is 9.61. The standard InChI is InChI=1S/C30H31ClN4O3/c1-18(2)28(36)32-16-20-9-11-25(31)24(13-20)29(37)34-23-10-12-26-22(14-23)15-27(35(26)4)30(38)33-17-21-8-6-5-7-19(21)3/h5-15,18H,16-17H2,1-4H3,(H,32,36)(H,33,38)(H,34,37). The van der Waals surface area contributed by atoms with Gasteiger partial charge < -0.3 is 20.5 Å².